The quantitative estimate of drug-likeness (QED) is 0.154. The van der Waals surface area contributed by atoms with Crippen molar-refractivity contribution in [3.8, 4) is 11.5 Å². The maximum Gasteiger partial charge on any atom is 0.318 e. The van der Waals surface area contributed by atoms with Crippen molar-refractivity contribution >= 4 is 34.5 Å². The highest BCUT2D eigenvalue weighted by Gasteiger charge is 2.49. The molecule has 238 valence electrons. The summed E-state index contributed by atoms with van der Waals surface area (Å²) in [5.74, 6) is -1.05. The Morgan fingerprint density at radius 3 is 1.98 bits per heavy atom. The molecule has 0 atom stereocenters. The Labute approximate surface area is 266 Å². The summed E-state index contributed by atoms with van der Waals surface area (Å²) in [6, 6.07) is 7.86. The van der Waals surface area contributed by atoms with Gasteiger partial charge in [-0.1, -0.05) is 39.3 Å². The molecule has 0 saturated carbocycles. The third-order valence-electron chi connectivity index (χ3n) is 8.60. The lowest BCUT2D eigenvalue weighted by atomic mass is 9.63. The molecule has 45 heavy (non-hydrogen) atoms. The van der Waals surface area contributed by atoms with Crippen molar-refractivity contribution in [1.82, 2.24) is 4.90 Å². The van der Waals surface area contributed by atoms with Crippen LogP contribution in [0.5, 0.6) is 11.5 Å². The first-order chi connectivity index (χ1) is 21.1. The molecule has 12 heteroatoms. The molecule has 0 N–H and O–H groups in total. The highest BCUT2D eigenvalue weighted by Crippen LogP contribution is 2.56. The van der Waals surface area contributed by atoms with Gasteiger partial charge in [0, 0.05) is 78.2 Å². The molecule has 1 aliphatic heterocycles. The van der Waals surface area contributed by atoms with Crippen LogP contribution in [0.25, 0.3) is 0 Å². The Balaban J connectivity index is 1.75. The van der Waals surface area contributed by atoms with E-state index in [9.17, 15) is 29.8 Å². The summed E-state index contributed by atoms with van der Waals surface area (Å²) in [6.45, 7) is 9.30. The number of ketones is 2. The smallest absolute Gasteiger partial charge is 0.318 e. The topological polar surface area (TPSA) is 142 Å². The van der Waals surface area contributed by atoms with Crippen LogP contribution in [0, 0.1) is 31.1 Å². The number of nitro benzene ring substituents is 2. The normalized spacial score (nSPS) is 19.4. The second-order valence-electron chi connectivity index (χ2n) is 13.5. The van der Waals surface area contributed by atoms with Crippen LogP contribution in [0.1, 0.15) is 71.3 Å². The van der Waals surface area contributed by atoms with E-state index in [2.05, 4.69) is 32.6 Å². The molecular weight excluding hydrogens is 602 g/mol. The molecule has 2 aromatic carbocycles. The average molecular weight is 638 g/mol. The number of methoxy groups -OCH3 is 1. The largest absolute Gasteiger partial charge is 0.450 e. The lowest BCUT2D eigenvalue weighted by Crippen LogP contribution is -2.44. The molecule has 0 spiro atoms. The Kier molecular flexibility index (Phi) is 8.63. The lowest BCUT2D eigenvalue weighted by molar-refractivity contribution is -0.394. The first-order valence-corrected chi connectivity index (χ1v) is 15.2. The Hall–Kier alpha value is -4.09. The van der Waals surface area contributed by atoms with E-state index < -0.39 is 27.1 Å². The molecule has 0 fully saturated rings. The Bertz CT molecular complexity index is 1620. The zero-order chi connectivity index (χ0) is 32.8. The molecule has 0 unspecified atom stereocenters. The van der Waals surface area contributed by atoms with Gasteiger partial charge in [-0.25, -0.2) is 0 Å². The van der Waals surface area contributed by atoms with E-state index in [1.54, 1.807) is 25.3 Å². The summed E-state index contributed by atoms with van der Waals surface area (Å²) in [5, 5.41) is 23.6. The summed E-state index contributed by atoms with van der Waals surface area (Å²) < 4.78 is 11.5. The minimum Gasteiger partial charge on any atom is -0.450 e. The number of hydrogen-bond acceptors (Lipinski definition) is 9. The molecule has 0 bridgehead atoms. The standard InChI is InChI=1S/C33H36ClN3O8/c1-32(2)15-23-30(25(38)17-32)29(31-24(35(23)11-6-12-44-5)16-33(3,4)18-26(31)39)21-13-19(34)7-9-27(21)45-28-10-8-20(36(40)41)14-22(28)37(42)43/h7-10,13-14,29H,6,11-12,15-18H2,1-5H3. The third-order valence-corrected chi connectivity index (χ3v) is 8.84. The fraction of sp³-hybridized carbons (Fsp3) is 0.455. The molecule has 2 aliphatic carbocycles. The van der Waals surface area contributed by atoms with Gasteiger partial charge in [-0.3, -0.25) is 29.8 Å². The number of rotatable bonds is 9. The van der Waals surface area contributed by atoms with Crippen molar-refractivity contribution in [3.05, 3.63) is 89.8 Å². The van der Waals surface area contributed by atoms with Gasteiger partial charge in [0.05, 0.1) is 15.9 Å². The number of nitro groups is 2. The number of non-ortho nitro benzene ring substituents is 1. The van der Waals surface area contributed by atoms with Crippen molar-refractivity contribution in [2.75, 3.05) is 20.3 Å². The van der Waals surface area contributed by atoms with Crippen LogP contribution in [0.15, 0.2) is 58.9 Å². The zero-order valence-electron chi connectivity index (χ0n) is 26.0. The van der Waals surface area contributed by atoms with E-state index >= 15 is 0 Å². The van der Waals surface area contributed by atoms with Crippen molar-refractivity contribution in [2.24, 2.45) is 10.8 Å². The first-order valence-electron chi connectivity index (χ1n) is 14.8. The van der Waals surface area contributed by atoms with Crippen LogP contribution in [0.4, 0.5) is 11.4 Å². The fourth-order valence-corrected chi connectivity index (χ4v) is 6.98. The highest BCUT2D eigenvalue weighted by molar-refractivity contribution is 6.30. The number of Topliss-reactive ketones (excluding diaryl/α,β-unsaturated/α-hetero) is 2. The van der Waals surface area contributed by atoms with E-state index in [0.717, 1.165) is 23.5 Å². The number of ether oxygens (including phenoxy) is 2. The predicted octanol–water partition coefficient (Wildman–Crippen LogP) is 7.67. The van der Waals surface area contributed by atoms with Gasteiger partial charge in [0.15, 0.2) is 11.6 Å². The van der Waals surface area contributed by atoms with Crippen molar-refractivity contribution in [3.63, 3.8) is 0 Å². The van der Waals surface area contributed by atoms with Crippen LogP contribution in [-0.2, 0) is 14.3 Å². The maximum absolute atomic E-state index is 14.1. The molecule has 3 aliphatic rings. The summed E-state index contributed by atoms with van der Waals surface area (Å²) in [6.07, 6.45) is 2.45. The third kappa shape index (κ3) is 6.37. The molecule has 1 heterocycles. The second kappa shape index (κ2) is 12.0. The van der Waals surface area contributed by atoms with Gasteiger partial charge in [0.2, 0.25) is 5.75 Å². The van der Waals surface area contributed by atoms with Crippen LogP contribution in [0.2, 0.25) is 5.02 Å². The van der Waals surface area contributed by atoms with Gasteiger partial charge < -0.3 is 14.4 Å². The monoisotopic (exact) mass is 637 g/mol. The predicted molar refractivity (Wildman–Crippen MR) is 167 cm³/mol. The summed E-state index contributed by atoms with van der Waals surface area (Å²) in [5.41, 5.74) is 1.45. The highest BCUT2D eigenvalue weighted by atomic mass is 35.5. The molecular formula is C33H36ClN3O8. The van der Waals surface area contributed by atoms with E-state index in [-0.39, 0.29) is 46.7 Å². The van der Waals surface area contributed by atoms with Crippen molar-refractivity contribution < 1.29 is 28.9 Å². The van der Waals surface area contributed by atoms with E-state index in [1.807, 2.05) is 0 Å². The molecule has 0 saturated heterocycles. The summed E-state index contributed by atoms with van der Waals surface area (Å²) in [4.78, 5) is 52.2. The number of hydrogen-bond donors (Lipinski definition) is 0. The molecule has 2 aromatic rings. The Morgan fingerprint density at radius 1 is 0.867 bits per heavy atom. The van der Waals surface area contributed by atoms with Crippen LogP contribution < -0.4 is 4.74 Å². The van der Waals surface area contributed by atoms with Crippen molar-refractivity contribution in [2.45, 2.75) is 65.7 Å². The van der Waals surface area contributed by atoms with Gasteiger partial charge >= 0.3 is 5.69 Å². The first kappa shape index (κ1) is 32.3. The van der Waals surface area contributed by atoms with E-state index in [0.29, 0.717) is 54.1 Å². The van der Waals surface area contributed by atoms with Gasteiger partial charge in [0.1, 0.15) is 5.75 Å². The molecule has 0 radical (unpaired) electrons. The second-order valence-corrected chi connectivity index (χ2v) is 13.9. The lowest BCUT2D eigenvalue weighted by Gasteiger charge is -2.49. The Morgan fingerprint density at radius 2 is 1.44 bits per heavy atom. The number of nitrogens with zero attached hydrogens (tertiary/aromatic N) is 3. The molecule has 11 nitrogen and oxygen atoms in total. The molecule has 0 amide bonds. The van der Waals surface area contributed by atoms with Gasteiger partial charge in [0.25, 0.3) is 5.69 Å². The number of carbonyl (C=O) groups excluding carboxylic acids is 2. The summed E-state index contributed by atoms with van der Waals surface area (Å²) >= 11 is 6.54. The van der Waals surface area contributed by atoms with Gasteiger partial charge in [-0.05, 0) is 54.4 Å². The SMILES string of the molecule is COCCCN1C2=C(C(=O)CC(C)(C)C2)C(c2cc(Cl)ccc2Oc2ccc([N+](=O)[O-])cc2[N+](=O)[O-])C2=C1CC(C)(C)CC2=O. The van der Waals surface area contributed by atoms with Gasteiger partial charge in [-0.2, -0.15) is 0 Å². The number of allylic oxidation sites excluding steroid dienone is 4. The van der Waals surface area contributed by atoms with E-state index in [4.69, 9.17) is 21.1 Å². The number of benzene rings is 2. The number of halogens is 1. The number of carbonyl (C=O) groups is 2. The zero-order valence-corrected chi connectivity index (χ0v) is 26.7. The molecule has 5 rings (SSSR count). The van der Waals surface area contributed by atoms with Gasteiger partial charge in [-0.15, -0.1) is 0 Å². The fourth-order valence-electron chi connectivity index (χ4n) is 6.80. The van der Waals surface area contributed by atoms with Crippen LogP contribution >= 0.6 is 11.6 Å². The summed E-state index contributed by atoms with van der Waals surface area (Å²) in [7, 11) is 1.64. The van der Waals surface area contributed by atoms with Crippen molar-refractivity contribution in [1.29, 1.82) is 0 Å². The minimum atomic E-state index is -0.813. The molecule has 0 aromatic heterocycles. The average Bonchev–Trinajstić information content (AvgIpc) is 2.93. The van der Waals surface area contributed by atoms with E-state index in [1.165, 1.54) is 6.07 Å². The minimum absolute atomic E-state index is 0.0839. The van der Waals surface area contributed by atoms with Crippen LogP contribution in [0.3, 0.4) is 0 Å². The maximum atomic E-state index is 14.1. The van der Waals surface area contributed by atoms with Crippen LogP contribution in [-0.4, -0.2) is 46.6 Å².